The maximum Gasteiger partial charge on any atom is 0.132 e. The first-order chi connectivity index (χ1) is 8.70. The summed E-state index contributed by atoms with van der Waals surface area (Å²) in [6.45, 7) is 1.93. The standard InChI is InChI=1S/C15H16FNO/c1-11(17-12-6-4-3-5-7-12)14-9-8-13(18-2)10-15(14)16/h3-11,17H,1-2H3. The molecule has 0 spiro atoms. The molecule has 1 N–H and O–H groups in total. The average Bonchev–Trinajstić information content (AvgIpc) is 2.39. The largest absolute Gasteiger partial charge is 0.497 e. The summed E-state index contributed by atoms with van der Waals surface area (Å²) in [4.78, 5) is 0. The van der Waals surface area contributed by atoms with E-state index in [1.54, 1.807) is 12.1 Å². The molecule has 0 heterocycles. The van der Waals surface area contributed by atoms with E-state index in [1.165, 1.54) is 13.2 Å². The Morgan fingerprint density at radius 1 is 1.11 bits per heavy atom. The van der Waals surface area contributed by atoms with Crippen molar-refractivity contribution >= 4 is 5.69 Å². The lowest BCUT2D eigenvalue weighted by Gasteiger charge is -2.16. The lowest BCUT2D eigenvalue weighted by molar-refractivity contribution is 0.410. The summed E-state index contributed by atoms with van der Waals surface area (Å²) in [5.41, 5.74) is 1.60. The summed E-state index contributed by atoms with van der Waals surface area (Å²) in [7, 11) is 1.53. The predicted molar refractivity (Wildman–Crippen MR) is 71.4 cm³/mol. The van der Waals surface area contributed by atoms with Gasteiger partial charge in [0, 0.05) is 17.3 Å². The Morgan fingerprint density at radius 3 is 2.44 bits per heavy atom. The van der Waals surface area contributed by atoms with Crippen molar-refractivity contribution in [2.75, 3.05) is 12.4 Å². The van der Waals surface area contributed by atoms with Gasteiger partial charge in [0.1, 0.15) is 11.6 Å². The molecule has 2 aromatic carbocycles. The van der Waals surface area contributed by atoms with E-state index >= 15 is 0 Å². The van der Waals surface area contributed by atoms with Crippen molar-refractivity contribution in [3.8, 4) is 5.75 Å². The molecule has 0 aromatic heterocycles. The van der Waals surface area contributed by atoms with E-state index in [9.17, 15) is 4.39 Å². The topological polar surface area (TPSA) is 21.3 Å². The molecule has 2 rings (SSSR count). The molecule has 2 nitrogen and oxygen atoms in total. The van der Waals surface area contributed by atoms with E-state index in [0.717, 1.165) is 5.69 Å². The highest BCUT2D eigenvalue weighted by atomic mass is 19.1. The van der Waals surface area contributed by atoms with E-state index in [1.807, 2.05) is 37.3 Å². The number of hydrogen-bond donors (Lipinski definition) is 1. The maximum absolute atomic E-state index is 13.9. The molecule has 0 aliphatic carbocycles. The highest BCUT2D eigenvalue weighted by molar-refractivity contribution is 5.45. The molecule has 1 unspecified atom stereocenters. The number of methoxy groups -OCH3 is 1. The number of hydrogen-bond acceptors (Lipinski definition) is 2. The third-order valence-electron chi connectivity index (χ3n) is 2.83. The summed E-state index contributed by atoms with van der Waals surface area (Å²) in [5, 5.41) is 3.26. The molecule has 0 aliphatic rings. The van der Waals surface area contributed by atoms with Crippen LogP contribution in [0.15, 0.2) is 48.5 Å². The summed E-state index contributed by atoms with van der Waals surface area (Å²) in [6, 6.07) is 14.6. The minimum Gasteiger partial charge on any atom is -0.497 e. The molecular formula is C15H16FNO. The quantitative estimate of drug-likeness (QED) is 0.878. The third kappa shape index (κ3) is 2.80. The molecule has 0 bridgehead atoms. The van der Waals surface area contributed by atoms with E-state index in [4.69, 9.17) is 4.74 Å². The van der Waals surface area contributed by atoms with Crippen LogP contribution < -0.4 is 10.1 Å². The second kappa shape index (κ2) is 5.54. The second-order valence-corrected chi connectivity index (χ2v) is 4.12. The third-order valence-corrected chi connectivity index (χ3v) is 2.83. The average molecular weight is 245 g/mol. The minimum atomic E-state index is -0.259. The van der Waals surface area contributed by atoms with E-state index in [2.05, 4.69) is 5.32 Å². The summed E-state index contributed by atoms with van der Waals surface area (Å²) >= 11 is 0. The molecule has 0 aliphatic heterocycles. The van der Waals surface area contributed by atoms with Crippen LogP contribution in [0, 0.1) is 5.82 Å². The molecule has 0 saturated heterocycles. The van der Waals surface area contributed by atoms with E-state index in [0.29, 0.717) is 11.3 Å². The van der Waals surface area contributed by atoms with Gasteiger partial charge in [-0.25, -0.2) is 4.39 Å². The Labute approximate surface area is 106 Å². The maximum atomic E-state index is 13.9. The molecule has 0 radical (unpaired) electrons. The van der Waals surface area contributed by atoms with Gasteiger partial charge in [-0.05, 0) is 25.1 Å². The Balaban J connectivity index is 2.16. The summed E-state index contributed by atoms with van der Waals surface area (Å²) in [6.07, 6.45) is 0. The molecule has 3 heteroatoms. The van der Waals surface area contributed by atoms with Gasteiger partial charge in [0.15, 0.2) is 0 Å². The van der Waals surface area contributed by atoms with Gasteiger partial charge in [0.25, 0.3) is 0 Å². The lowest BCUT2D eigenvalue weighted by Crippen LogP contribution is -2.08. The van der Waals surface area contributed by atoms with Gasteiger partial charge in [-0.3, -0.25) is 0 Å². The van der Waals surface area contributed by atoms with Gasteiger partial charge in [-0.15, -0.1) is 0 Å². The van der Waals surface area contributed by atoms with E-state index < -0.39 is 0 Å². The van der Waals surface area contributed by atoms with E-state index in [-0.39, 0.29) is 11.9 Å². The number of halogens is 1. The van der Waals surface area contributed by atoms with Crippen LogP contribution in [-0.2, 0) is 0 Å². The zero-order valence-electron chi connectivity index (χ0n) is 10.5. The van der Waals surface area contributed by atoms with Gasteiger partial charge in [-0.2, -0.15) is 0 Å². The SMILES string of the molecule is COc1ccc(C(C)Nc2ccccc2)c(F)c1. The smallest absolute Gasteiger partial charge is 0.132 e. The second-order valence-electron chi connectivity index (χ2n) is 4.12. The van der Waals surface area contributed by atoms with Crippen molar-refractivity contribution in [2.45, 2.75) is 13.0 Å². The highest BCUT2D eigenvalue weighted by Gasteiger charge is 2.11. The molecule has 1 atom stereocenters. The van der Waals surface area contributed by atoms with Crippen molar-refractivity contribution in [3.63, 3.8) is 0 Å². The number of rotatable bonds is 4. The number of anilines is 1. The first kappa shape index (κ1) is 12.4. The zero-order valence-corrected chi connectivity index (χ0v) is 10.5. The van der Waals surface area contributed by atoms with Crippen LogP contribution in [0.3, 0.4) is 0 Å². The summed E-state index contributed by atoms with van der Waals surface area (Å²) < 4.78 is 18.9. The Hall–Kier alpha value is -2.03. The van der Waals surface area contributed by atoms with Gasteiger partial charge in [0.05, 0.1) is 13.2 Å². The first-order valence-electron chi connectivity index (χ1n) is 5.85. The van der Waals surface area contributed by atoms with Crippen LogP contribution in [-0.4, -0.2) is 7.11 Å². The van der Waals surface area contributed by atoms with Gasteiger partial charge in [0.2, 0.25) is 0 Å². The number of para-hydroxylation sites is 1. The van der Waals surface area contributed by atoms with Crippen molar-refractivity contribution in [1.29, 1.82) is 0 Å². The molecule has 0 saturated carbocycles. The monoisotopic (exact) mass is 245 g/mol. The van der Waals surface area contributed by atoms with Gasteiger partial charge in [-0.1, -0.05) is 24.3 Å². The normalized spacial score (nSPS) is 11.9. The Bertz CT molecular complexity index is 513. The lowest BCUT2D eigenvalue weighted by atomic mass is 10.1. The van der Waals surface area contributed by atoms with Gasteiger partial charge < -0.3 is 10.1 Å². The molecule has 0 amide bonds. The first-order valence-corrected chi connectivity index (χ1v) is 5.85. The number of nitrogens with one attached hydrogen (secondary N) is 1. The fourth-order valence-corrected chi connectivity index (χ4v) is 1.85. The van der Waals surface area contributed by atoms with Crippen LogP contribution in [0.25, 0.3) is 0 Å². The highest BCUT2D eigenvalue weighted by Crippen LogP contribution is 2.24. The van der Waals surface area contributed by atoms with Crippen LogP contribution in [0.2, 0.25) is 0 Å². The minimum absolute atomic E-state index is 0.0988. The van der Waals surface area contributed by atoms with Crippen LogP contribution in [0.5, 0.6) is 5.75 Å². The fourth-order valence-electron chi connectivity index (χ4n) is 1.85. The molecule has 94 valence electrons. The molecule has 0 fully saturated rings. The van der Waals surface area contributed by atoms with Crippen LogP contribution >= 0.6 is 0 Å². The Kier molecular flexibility index (Phi) is 3.82. The van der Waals surface area contributed by atoms with Crippen molar-refractivity contribution in [2.24, 2.45) is 0 Å². The summed E-state index contributed by atoms with van der Waals surface area (Å²) in [5.74, 6) is 0.272. The molecule has 2 aromatic rings. The number of benzene rings is 2. The van der Waals surface area contributed by atoms with Gasteiger partial charge >= 0.3 is 0 Å². The van der Waals surface area contributed by atoms with Crippen LogP contribution in [0.4, 0.5) is 10.1 Å². The van der Waals surface area contributed by atoms with Crippen molar-refractivity contribution in [1.82, 2.24) is 0 Å². The molecular weight excluding hydrogens is 229 g/mol. The fraction of sp³-hybridized carbons (Fsp3) is 0.200. The van der Waals surface area contributed by atoms with Crippen molar-refractivity contribution in [3.05, 3.63) is 59.9 Å². The van der Waals surface area contributed by atoms with Crippen LogP contribution in [0.1, 0.15) is 18.5 Å². The molecule has 18 heavy (non-hydrogen) atoms. The zero-order chi connectivity index (χ0) is 13.0. The predicted octanol–water partition coefficient (Wildman–Crippen LogP) is 4.01. The Morgan fingerprint density at radius 2 is 1.83 bits per heavy atom. The number of ether oxygens (including phenoxy) is 1. The van der Waals surface area contributed by atoms with Crippen molar-refractivity contribution < 1.29 is 9.13 Å².